The molecular formula is C14H20ClNO2. The monoisotopic (exact) mass is 269 g/mol. The molecule has 1 unspecified atom stereocenters. The number of carbonyl (C=O) groups excluding carboxylic acids is 1. The van der Waals surface area contributed by atoms with E-state index in [-0.39, 0.29) is 11.9 Å². The summed E-state index contributed by atoms with van der Waals surface area (Å²) in [5, 5.41) is 2.98. The Hall–Kier alpha value is -1.22. The third-order valence-corrected chi connectivity index (χ3v) is 3.10. The maximum absolute atomic E-state index is 12.2. The Bertz CT molecular complexity index is 407. The largest absolute Gasteiger partial charge is 0.496 e. The van der Waals surface area contributed by atoms with Gasteiger partial charge in [0.15, 0.2) is 0 Å². The number of aryl methyl sites for hydroxylation is 1. The lowest BCUT2D eigenvalue weighted by atomic mass is 10.1. The van der Waals surface area contributed by atoms with E-state index in [1.165, 1.54) is 0 Å². The highest BCUT2D eigenvalue weighted by molar-refractivity contribution is 6.17. The number of amides is 1. The van der Waals surface area contributed by atoms with Gasteiger partial charge in [0, 0.05) is 11.9 Å². The van der Waals surface area contributed by atoms with E-state index in [1.54, 1.807) is 7.11 Å². The molecule has 0 heterocycles. The van der Waals surface area contributed by atoms with Crippen LogP contribution in [0.15, 0.2) is 18.2 Å². The summed E-state index contributed by atoms with van der Waals surface area (Å²) in [6.45, 7) is 3.98. The maximum atomic E-state index is 12.2. The molecule has 0 fully saturated rings. The van der Waals surface area contributed by atoms with Crippen molar-refractivity contribution in [1.29, 1.82) is 0 Å². The summed E-state index contributed by atoms with van der Waals surface area (Å²) in [6, 6.07) is 5.68. The molecule has 0 aliphatic heterocycles. The van der Waals surface area contributed by atoms with Crippen molar-refractivity contribution >= 4 is 17.5 Å². The average Bonchev–Trinajstić information content (AvgIpc) is 2.38. The highest BCUT2D eigenvalue weighted by Crippen LogP contribution is 2.19. The van der Waals surface area contributed by atoms with Gasteiger partial charge in [-0.05, 0) is 31.9 Å². The van der Waals surface area contributed by atoms with Gasteiger partial charge < -0.3 is 10.1 Å². The van der Waals surface area contributed by atoms with Crippen molar-refractivity contribution in [3.8, 4) is 5.75 Å². The van der Waals surface area contributed by atoms with Crippen molar-refractivity contribution < 1.29 is 9.53 Å². The Balaban J connectivity index is 2.85. The molecule has 3 nitrogen and oxygen atoms in total. The van der Waals surface area contributed by atoms with E-state index in [0.29, 0.717) is 17.2 Å². The summed E-state index contributed by atoms with van der Waals surface area (Å²) >= 11 is 5.71. The van der Waals surface area contributed by atoms with E-state index in [9.17, 15) is 4.79 Å². The van der Waals surface area contributed by atoms with Crippen molar-refractivity contribution in [3.63, 3.8) is 0 Å². The van der Waals surface area contributed by atoms with Gasteiger partial charge in [0.2, 0.25) is 0 Å². The second kappa shape index (κ2) is 7.27. The third kappa shape index (κ3) is 3.91. The fraction of sp³-hybridized carbons (Fsp3) is 0.500. The minimum absolute atomic E-state index is 0.104. The lowest BCUT2D eigenvalue weighted by molar-refractivity contribution is 0.0932. The zero-order valence-corrected chi connectivity index (χ0v) is 11.9. The molecule has 100 valence electrons. The van der Waals surface area contributed by atoms with Gasteiger partial charge in [-0.25, -0.2) is 0 Å². The van der Waals surface area contributed by atoms with Gasteiger partial charge in [0.1, 0.15) is 5.75 Å². The minimum Gasteiger partial charge on any atom is -0.496 e. The van der Waals surface area contributed by atoms with E-state index in [2.05, 4.69) is 5.32 Å². The molecule has 0 bridgehead atoms. The van der Waals surface area contributed by atoms with Crippen LogP contribution < -0.4 is 10.1 Å². The number of rotatable bonds is 6. The number of benzene rings is 1. The molecule has 1 rings (SSSR count). The number of halogens is 1. The molecule has 0 aliphatic rings. The molecule has 1 aromatic rings. The molecule has 0 saturated carbocycles. The number of nitrogens with one attached hydrogen (secondary N) is 1. The fourth-order valence-corrected chi connectivity index (χ4v) is 2.04. The molecule has 0 spiro atoms. The molecular weight excluding hydrogens is 250 g/mol. The van der Waals surface area contributed by atoms with Gasteiger partial charge in [0.25, 0.3) is 5.91 Å². The topological polar surface area (TPSA) is 38.3 Å². The number of methoxy groups -OCH3 is 1. The first-order valence-electron chi connectivity index (χ1n) is 6.13. The van der Waals surface area contributed by atoms with Crippen LogP contribution in [-0.2, 0) is 0 Å². The summed E-state index contributed by atoms with van der Waals surface area (Å²) in [6.07, 6.45) is 1.64. The lowest BCUT2D eigenvalue weighted by Crippen LogP contribution is -2.34. The smallest absolute Gasteiger partial charge is 0.255 e. The summed E-state index contributed by atoms with van der Waals surface area (Å²) < 4.78 is 5.21. The molecule has 4 heteroatoms. The van der Waals surface area contributed by atoms with Gasteiger partial charge in [-0.3, -0.25) is 4.79 Å². The van der Waals surface area contributed by atoms with E-state index < -0.39 is 0 Å². The first-order chi connectivity index (χ1) is 8.62. The van der Waals surface area contributed by atoms with Gasteiger partial charge in [0.05, 0.1) is 12.7 Å². The fourth-order valence-electron chi connectivity index (χ4n) is 1.77. The van der Waals surface area contributed by atoms with E-state index in [4.69, 9.17) is 16.3 Å². The lowest BCUT2D eigenvalue weighted by Gasteiger charge is -2.17. The van der Waals surface area contributed by atoms with E-state index in [1.807, 2.05) is 32.0 Å². The maximum Gasteiger partial charge on any atom is 0.255 e. The van der Waals surface area contributed by atoms with Crippen molar-refractivity contribution in [2.75, 3.05) is 13.0 Å². The predicted molar refractivity (Wildman–Crippen MR) is 74.6 cm³/mol. The van der Waals surface area contributed by atoms with Crippen LogP contribution in [0.3, 0.4) is 0 Å². The number of hydrogen-bond acceptors (Lipinski definition) is 2. The summed E-state index contributed by atoms with van der Waals surface area (Å²) in [5.41, 5.74) is 1.61. The molecule has 1 N–H and O–H groups in total. The van der Waals surface area contributed by atoms with Gasteiger partial charge >= 0.3 is 0 Å². The van der Waals surface area contributed by atoms with E-state index in [0.717, 1.165) is 18.4 Å². The highest BCUT2D eigenvalue weighted by Gasteiger charge is 2.15. The standard InChI is InChI=1S/C14H20ClNO2/c1-4-11(7-8-15)16-14(17)12-9-10(2)5-6-13(12)18-3/h5-6,9,11H,4,7-8H2,1-3H3,(H,16,17). The predicted octanol–water partition coefficient (Wildman–Crippen LogP) is 3.14. The van der Waals surface area contributed by atoms with Gasteiger partial charge in [-0.1, -0.05) is 18.6 Å². The van der Waals surface area contributed by atoms with Crippen molar-refractivity contribution in [2.45, 2.75) is 32.7 Å². The van der Waals surface area contributed by atoms with Crippen LogP contribution in [0.5, 0.6) is 5.75 Å². The molecule has 0 aromatic heterocycles. The van der Waals surface area contributed by atoms with Crippen molar-refractivity contribution in [3.05, 3.63) is 29.3 Å². The Kier molecular flexibility index (Phi) is 5.99. The normalized spacial score (nSPS) is 12.0. The highest BCUT2D eigenvalue weighted by atomic mass is 35.5. The summed E-state index contributed by atoms with van der Waals surface area (Å²) in [5.74, 6) is 1.04. The SMILES string of the molecule is CCC(CCCl)NC(=O)c1cc(C)ccc1OC. The number of alkyl halides is 1. The second-order valence-electron chi connectivity index (χ2n) is 4.26. The van der Waals surface area contributed by atoms with Crippen LogP contribution in [0.4, 0.5) is 0 Å². The zero-order valence-electron chi connectivity index (χ0n) is 11.1. The van der Waals surface area contributed by atoms with Gasteiger partial charge in [-0.2, -0.15) is 0 Å². The van der Waals surface area contributed by atoms with Gasteiger partial charge in [-0.15, -0.1) is 11.6 Å². The zero-order chi connectivity index (χ0) is 13.5. The van der Waals surface area contributed by atoms with Crippen LogP contribution in [0.25, 0.3) is 0 Å². The number of hydrogen-bond donors (Lipinski definition) is 1. The molecule has 0 saturated heterocycles. The Morgan fingerprint density at radius 2 is 2.22 bits per heavy atom. The molecule has 18 heavy (non-hydrogen) atoms. The van der Waals surface area contributed by atoms with Crippen LogP contribution >= 0.6 is 11.6 Å². The molecule has 0 aliphatic carbocycles. The second-order valence-corrected chi connectivity index (χ2v) is 4.64. The molecule has 1 aromatic carbocycles. The molecule has 1 amide bonds. The molecule has 1 atom stereocenters. The van der Waals surface area contributed by atoms with E-state index >= 15 is 0 Å². The average molecular weight is 270 g/mol. The Morgan fingerprint density at radius 1 is 1.50 bits per heavy atom. The first kappa shape index (κ1) is 14.8. The van der Waals surface area contributed by atoms with Crippen molar-refractivity contribution in [2.24, 2.45) is 0 Å². The van der Waals surface area contributed by atoms with Crippen LogP contribution in [0.1, 0.15) is 35.7 Å². The quantitative estimate of drug-likeness (QED) is 0.806. The minimum atomic E-state index is -0.104. The number of ether oxygens (including phenoxy) is 1. The van der Waals surface area contributed by atoms with Crippen LogP contribution in [0.2, 0.25) is 0 Å². The third-order valence-electron chi connectivity index (χ3n) is 2.89. The van der Waals surface area contributed by atoms with Crippen molar-refractivity contribution in [1.82, 2.24) is 5.32 Å². The Morgan fingerprint density at radius 3 is 2.78 bits per heavy atom. The first-order valence-corrected chi connectivity index (χ1v) is 6.67. The van der Waals surface area contributed by atoms with Crippen LogP contribution in [-0.4, -0.2) is 24.9 Å². The summed E-state index contributed by atoms with van der Waals surface area (Å²) in [4.78, 5) is 12.2. The van der Waals surface area contributed by atoms with Crippen LogP contribution in [0, 0.1) is 6.92 Å². The summed E-state index contributed by atoms with van der Waals surface area (Å²) in [7, 11) is 1.57. The number of carbonyl (C=O) groups is 1. The molecule has 0 radical (unpaired) electrons. The Labute approximate surface area is 113 Å².